The number of rotatable bonds is 11. The van der Waals surface area contributed by atoms with Crippen molar-refractivity contribution in [3.05, 3.63) is 122 Å². The second kappa shape index (κ2) is 13.1. The highest BCUT2D eigenvalue weighted by atomic mass is 19.1. The highest BCUT2D eigenvalue weighted by Crippen LogP contribution is 2.29. The van der Waals surface area contributed by atoms with Crippen LogP contribution in [0.3, 0.4) is 0 Å². The van der Waals surface area contributed by atoms with Gasteiger partial charge >= 0.3 is 5.69 Å². The van der Waals surface area contributed by atoms with Crippen LogP contribution in [-0.2, 0) is 13.1 Å². The molecule has 9 heteroatoms. The smallest absolute Gasteiger partial charge is 0.331 e. The van der Waals surface area contributed by atoms with E-state index in [9.17, 15) is 14.0 Å². The van der Waals surface area contributed by atoms with Crippen molar-refractivity contribution in [2.45, 2.75) is 33.0 Å². The fraction of sp³-hybridized carbons (Fsp3) is 0.312. The van der Waals surface area contributed by atoms with E-state index in [4.69, 9.17) is 4.74 Å². The van der Waals surface area contributed by atoms with E-state index in [0.29, 0.717) is 17.7 Å². The summed E-state index contributed by atoms with van der Waals surface area (Å²) < 4.78 is 38.1. The standard InChI is InChI=1S/C32H36F2N4O3/c1-21-11-9-15-26(33)25(21)19-37-22(2)29(24-14-10-16-28(41-5)30(24)34)31(39)38(32(37)40)20-27(35-17-18-36(3)4)23-12-7-6-8-13-23/h6-16,27,35H,17-20H2,1-5H3. The molecule has 0 aliphatic heterocycles. The Bertz CT molecular complexity index is 1610. The lowest BCUT2D eigenvalue weighted by atomic mass is 10.0. The van der Waals surface area contributed by atoms with E-state index < -0.39 is 28.9 Å². The molecule has 0 spiro atoms. The molecule has 1 heterocycles. The molecule has 0 fully saturated rings. The molecule has 0 aliphatic carbocycles. The summed E-state index contributed by atoms with van der Waals surface area (Å²) in [5.41, 5.74) is 0.923. The van der Waals surface area contributed by atoms with Gasteiger partial charge in [0, 0.05) is 29.9 Å². The molecule has 1 N–H and O–H groups in total. The number of halogens is 2. The highest BCUT2D eigenvalue weighted by Gasteiger charge is 2.24. The van der Waals surface area contributed by atoms with Gasteiger partial charge in [0.15, 0.2) is 11.6 Å². The fourth-order valence-electron chi connectivity index (χ4n) is 4.96. The van der Waals surface area contributed by atoms with Crippen molar-refractivity contribution >= 4 is 0 Å². The Hall–Kier alpha value is -4.08. The predicted octanol–water partition coefficient (Wildman–Crippen LogP) is 4.52. The van der Waals surface area contributed by atoms with Gasteiger partial charge in [0.1, 0.15) is 5.82 Å². The minimum atomic E-state index is -0.710. The first-order chi connectivity index (χ1) is 19.6. The quantitative estimate of drug-likeness (QED) is 0.291. The first-order valence-corrected chi connectivity index (χ1v) is 13.5. The molecule has 216 valence electrons. The molecule has 1 unspecified atom stereocenters. The van der Waals surface area contributed by atoms with Gasteiger partial charge in [-0.05, 0) is 51.2 Å². The fourth-order valence-corrected chi connectivity index (χ4v) is 4.96. The summed E-state index contributed by atoms with van der Waals surface area (Å²) in [5.74, 6) is -1.20. The molecule has 0 saturated heterocycles. The number of likely N-dealkylation sites (N-methyl/N-ethyl adjacent to an activating group) is 1. The number of nitrogens with zero attached hydrogens (tertiary/aromatic N) is 3. The normalized spacial score (nSPS) is 12.1. The van der Waals surface area contributed by atoms with Crippen LogP contribution in [0, 0.1) is 25.5 Å². The van der Waals surface area contributed by atoms with E-state index in [1.54, 1.807) is 32.0 Å². The van der Waals surface area contributed by atoms with Gasteiger partial charge in [-0.25, -0.2) is 13.6 Å². The number of aromatic nitrogens is 2. The van der Waals surface area contributed by atoms with Crippen molar-refractivity contribution in [3.8, 4) is 16.9 Å². The summed E-state index contributed by atoms with van der Waals surface area (Å²) in [4.78, 5) is 30.1. The minimum Gasteiger partial charge on any atom is -0.494 e. The number of benzene rings is 3. The molecule has 0 amide bonds. The number of nitrogens with one attached hydrogen (secondary N) is 1. The summed E-state index contributed by atoms with van der Waals surface area (Å²) in [7, 11) is 5.27. The highest BCUT2D eigenvalue weighted by molar-refractivity contribution is 5.67. The van der Waals surface area contributed by atoms with Crippen molar-refractivity contribution in [2.24, 2.45) is 0 Å². The first-order valence-electron chi connectivity index (χ1n) is 13.5. The molecule has 41 heavy (non-hydrogen) atoms. The molecule has 7 nitrogen and oxygen atoms in total. The third kappa shape index (κ3) is 6.47. The summed E-state index contributed by atoms with van der Waals surface area (Å²) in [6.45, 7) is 4.56. The number of methoxy groups -OCH3 is 1. The number of hydrogen-bond acceptors (Lipinski definition) is 5. The van der Waals surface area contributed by atoms with Gasteiger partial charge in [0.2, 0.25) is 0 Å². The van der Waals surface area contributed by atoms with E-state index in [-0.39, 0.29) is 35.7 Å². The molecule has 1 atom stereocenters. The molecule has 0 saturated carbocycles. The van der Waals surface area contributed by atoms with Crippen LogP contribution in [0.2, 0.25) is 0 Å². The van der Waals surface area contributed by atoms with Gasteiger partial charge in [-0.1, -0.05) is 54.6 Å². The molecular formula is C32H36F2N4O3. The SMILES string of the molecule is COc1cccc(-c2c(C)n(Cc3c(C)cccc3F)c(=O)n(CC(NCCN(C)C)c3ccccc3)c2=O)c1F. The van der Waals surface area contributed by atoms with Gasteiger partial charge in [0.25, 0.3) is 5.56 Å². The Labute approximate surface area is 238 Å². The Kier molecular flexibility index (Phi) is 9.52. The summed E-state index contributed by atoms with van der Waals surface area (Å²) in [6.07, 6.45) is 0. The molecule has 1 aromatic heterocycles. The Morgan fingerprint density at radius 3 is 2.29 bits per heavy atom. The Morgan fingerprint density at radius 2 is 1.63 bits per heavy atom. The molecule has 4 aromatic rings. The lowest BCUT2D eigenvalue weighted by Crippen LogP contribution is -2.45. The number of ether oxygens (including phenoxy) is 1. The van der Waals surface area contributed by atoms with Gasteiger partial charge in [0.05, 0.1) is 31.8 Å². The van der Waals surface area contributed by atoms with Crippen molar-refractivity contribution in [1.29, 1.82) is 0 Å². The zero-order valence-electron chi connectivity index (χ0n) is 24.1. The molecule has 0 bridgehead atoms. The van der Waals surface area contributed by atoms with E-state index >= 15 is 4.39 Å². The van der Waals surface area contributed by atoms with Crippen LogP contribution in [0.25, 0.3) is 11.1 Å². The van der Waals surface area contributed by atoms with Crippen molar-refractivity contribution in [1.82, 2.24) is 19.4 Å². The van der Waals surface area contributed by atoms with Crippen molar-refractivity contribution in [3.63, 3.8) is 0 Å². The third-order valence-corrected chi connectivity index (χ3v) is 7.33. The topological polar surface area (TPSA) is 68.5 Å². The third-order valence-electron chi connectivity index (χ3n) is 7.33. The van der Waals surface area contributed by atoms with Crippen LogP contribution in [0.1, 0.15) is 28.4 Å². The molecule has 4 rings (SSSR count). The van der Waals surface area contributed by atoms with E-state index in [0.717, 1.165) is 16.7 Å². The van der Waals surface area contributed by atoms with E-state index in [1.165, 1.54) is 29.9 Å². The van der Waals surface area contributed by atoms with E-state index in [2.05, 4.69) is 5.32 Å². The molecule has 3 aromatic carbocycles. The summed E-state index contributed by atoms with van der Waals surface area (Å²) >= 11 is 0. The Morgan fingerprint density at radius 1 is 0.927 bits per heavy atom. The van der Waals surface area contributed by atoms with Crippen LogP contribution >= 0.6 is 0 Å². The molecule has 0 aliphatic rings. The zero-order chi connectivity index (χ0) is 29.7. The number of aryl methyl sites for hydroxylation is 1. The van der Waals surface area contributed by atoms with Crippen LogP contribution in [0.5, 0.6) is 5.75 Å². The average molecular weight is 563 g/mol. The van der Waals surface area contributed by atoms with E-state index in [1.807, 2.05) is 49.3 Å². The number of hydrogen-bond donors (Lipinski definition) is 1. The lowest BCUT2D eigenvalue weighted by Gasteiger charge is -2.24. The minimum absolute atomic E-state index is 0.00969. The van der Waals surface area contributed by atoms with Gasteiger partial charge in [-0.3, -0.25) is 13.9 Å². The second-order valence-corrected chi connectivity index (χ2v) is 10.3. The summed E-state index contributed by atoms with van der Waals surface area (Å²) in [6, 6.07) is 18.4. The van der Waals surface area contributed by atoms with Gasteiger partial charge < -0.3 is 15.0 Å². The summed E-state index contributed by atoms with van der Waals surface area (Å²) in [5, 5.41) is 3.46. The maximum absolute atomic E-state index is 15.6. The van der Waals surface area contributed by atoms with Crippen LogP contribution in [-0.4, -0.2) is 48.3 Å². The lowest BCUT2D eigenvalue weighted by molar-refractivity contribution is 0.366. The largest absolute Gasteiger partial charge is 0.494 e. The maximum Gasteiger partial charge on any atom is 0.331 e. The zero-order valence-corrected chi connectivity index (χ0v) is 24.1. The maximum atomic E-state index is 15.6. The van der Waals surface area contributed by atoms with Crippen LogP contribution in [0.4, 0.5) is 8.78 Å². The van der Waals surface area contributed by atoms with Gasteiger partial charge in [-0.15, -0.1) is 0 Å². The van der Waals surface area contributed by atoms with Crippen molar-refractivity contribution < 1.29 is 13.5 Å². The Balaban J connectivity index is 1.94. The predicted molar refractivity (Wildman–Crippen MR) is 158 cm³/mol. The molecule has 0 radical (unpaired) electrons. The monoisotopic (exact) mass is 562 g/mol. The molecular weight excluding hydrogens is 526 g/mol. The van der Waals surface area contributed by atoms with Crippen molar-refractivity contribution in [2.75, 3.05) is 34.3 Å². The average Bonchev–Trinajstić information content (AvgIpc) is 2.95. The van der Waals surface area contributed by atoms with Crippen LogP contribution in [0.15, 0.2) is 76.3 Å². The second-order valence-electron chi connectivity index (χ2n) is 10.3. The van der Waals surface area contributed by atoms with Gasteiger partial charge in [-0.2, -0.15) is 0 Å². The first kappa shape index (κ1) is 29.9. The van der Waals surface area contributed by atoms with Crippen LogP contribution < -0.4 is 21.3 Å².